The van der Waals surface area contributed by atoms with Gasteiger partial charge >= 0.3 is 0 Å². The highest BCUT2D eigenvalue weighted by molar-refractivity contribution is 5.35. The minimum absolute atomic E-state index is 0.479. The van der Waals surface area contributed by atoms with Crippen LogP contribution in [0.25, 0.3) is 0 Å². The van der Waals surface area contributed by atoms with Crippen molar-refractivity contribution in [2.75, 3.05) is 18.4 Å². The maximum Gasteiger partial charge on any atom is 0.121 e. The number of hydrogen-bond acceptors (Lipinski definition) is 3. The normalized spacial score (nSPS) is 11.1. The zero-order valence-electron chi connectivity index (χ0n) is 15.1. The van der Waals surface area contributed by atoms with Crippen LogP contribution in [0, 0.1) is 0 Å². The molecule has 0 spiro atoms. The van der Waals surface area contributed by atoms with Crippen LogP contribution in [0.4, 0.5) is 5.82 Å². The van der Waals surface area contributed by atoms with E-state index < -0.39 is 0 Å². The second-order valence-corrected chi connectivity index (χ2v) is 6.72. The topological polar surface area (TPSA) is 52.7 Å². The minimum atomic E-state index is 0.479. The molecule has 0 saturated carbocycles. The van der Waals surface area contributed by atoms with E-state index in [2.05, 4.69) is 71.1 Å². The first-order chi connectivity index (χ1) is 11.8. The van der Waals surface area contributed by atoms with Gasteiger partial charge in [0.05, 0.1) is 5.69 Å². The van der Waals surface area contributed by atoms with E-state index in [1.54, 1.807) is 0 Å². The number of benzene rings is 1. The summed E-state index contributed by atoms with van der Waals surface area (Å²) in [6, 6.07) is 12.7. The maximum absolute atomic E-state index is 4.30. The van der Waals surface area contributed by atoms with Crippen LogP contribution in [0.3, 0.4) is 0 Å². The number of rotatable bonds is 12. The van der Waals surface area contributed by atoms with E-state index in [0.29, 0.717) is 5.92 Å². The van der Waals surface area contributed by atoms with Gasteiger partial charge in [-0.2, -0.15) is 5.10 Å². The summed E-state index contributed by atoms with van der Waals surface area (Å²) in [4.78, 5) is 0. The second kappa shape index (κ2) is 10.9. The van der Waals surface area contributed by atoms with Crippen molar-refractivity contribution in [3.05, 3.63) is 47.7 Å². The van der Waals surface area contributed by atoms with E-state index in [1.807, 2.05) is 0 Å². The summed E-state index contributed by atoms with van der Waals surface area (Å²) < 4.78 is 0. The Balaban J connectivity index is 1.40. The highest BCUT2D eigenvalue weighted by atomic mass is 15.2. The minimum Gasteiger partial charge on any atom is -0.370 e. The van der Waals surface area contributed by atoms with E-state index in [0.717, 1.165) is 31.1 Å². The number of unbranched alkanes of at least 4 members (excludes halogenated alkanes) is 4. The van der Waals surface area contributed by atoms with Crippen molar-refractivity contribution >= 4 is 5.82 Å². The molecular formula is C20H32N4. The smallest absolute Gasteiger partial charge is 0.121 e. The van der Waals surface area contributed by atoms with Crippen molar-refractivity contribution < 1.29 is 0 Å². The quantitative estimate of drug-likeness (QED) is 0.496. The number of aromatic nitrogens is 2. The number of hydrogen-bond donors (Lipinski definition) is 3. The van der Waals surface area contributed by atoms with Gasteiger partial charge in [-0.25, -0.2) is 0 Å². The number of aromatic amines is 1. The summed E-state index contributed by atoms with van der Waals surface area (Å²) in [5.74, 6) is 1.52. The van der Waals surface area contributed by atoms with Gasteiger partial charge in [0, 0.05) is 19.2 Å². The molecule has 0 unspecified atom stereocenters. The molecule has 0 radical (unpaired) electrons. The van der Waals surface area contributed by atoms with Crippen LogP contribution in [0.15, 0.2) is 36.4 Å². The standard InChI is InChI=1S/C20H32N4/c1-17(2)19-15-20(24-23-19)22-14-10-5-3-4-9-13-21-16-18-11-7-6-8-12-18/h6-8,11-12,15,17,21H,3-5,9-10,13-14,16H2,1-2H3,(H2,22,23,24). The van der Waals surface area contributed by atoms with Crippen LogP contribution in [-0.4, -0.2) is 23.3 Å². The zero-order valence-corrected chi connectivity index (χ0v) is 15.1. The van der Waals surface area contributed by atoms with Crippen molar-refractivity contribution in [2.45, 2.75) is 58.4 Å². The van der Waals surface area contributed by atoms with Crippen LogP contribution in [0.1, 0.15) is 63.1 Å². The SMILES string of the molecule is CC(C)c1cc(NCCCCCCCNCc2ccccc2)[nH]n1. The van der Waals surface area contributed by atoms with Crippen molar-refractivity contribution in [3.63, 3.8) is 0 Å². The third-order valence-corrected chi connectivity index (χ3v) is 4.21. The molecular weight excluding hydrogens is 296 g/mol. The molecule has 0 aliphatic heterocycles. The molecule has 1 aromatic carbocycles. The summed E-state index contributed by atoms with van der Waals surface area (Å²) in [5, 5.41) is 14.3. The van der Waals surface area contributed by atoms with Gasteiger partial charge in [0.2, 0.25) is 0 Å². The molecule has 0 amide bonds. The number of nitrogens with one attached hydrogen (secondary N) is 3. The molecule has 0 atom stereocenters. The number of nitrogens with zero attached hydrogens (tertiary/aromatic N) is 1. The van der Waals surface area contributed by atoms with Crippen molar-refractivity contribution in [2.24, 2.45) is 0 Å². The Labute approximate surface area is 146 Å². The molecule has 0 aliphatic rings. The molecule has 4 heteroatoms. The lowest BCUT2D eigenvalue weighted by Crippen LogP contribution is -2.14. The van der Waals surface area contributed by atoms with Crippen LogP contribution < -0.4 is 10.6 Å². The Hall–Kier alpha value is -1.81. The monoisotopic (exact) mass is 328 g/mol. The Morgan fingerprint density at radius 3 is 2.38 bits per heavy atom. The van der Waals surface area contributed by atoms with E-state index in [-0.39, 0.29) is 0 Å². The lowest BCUT2D eigenvalue weighted by atomic mass is 10.1. The molecule has 0 saturated heterocycles. The molecule has 24 heavy (non-hydrogen) atoms. The molecule has 3 N–H and O–H groups in total. The molecule has 0 fully saturated rings. The molecule has 2 rings (SSSR count). The third kappa shape index (κ3) is 7.18. The summed E-state index contributed by atoms with van der Waals surface area (Å²) in [6.07, 6.45) is 6.39. The molecule has 2 aromatic rings. The van der Waals surface area contributed by atoms with Crippen LogP contribution in [0.2, 0.25) is 0 Å². The predicted octanol–water partition coefficient (Wildman–Crippen LogP) is 4.69. The molecule has 1 heterocycles. The summed E-state index contributed by atoms with van der Waals surface area (Å²) in [6.45, 7) is 7.43. The van der Waals surface area contributed by atoms with Crippen LogP contribution >= 0.6 is 0 Å². The van der Waals surface area contributed by atoms with Gasteiger partial charge in [-0.15, -0.1) is 0 Å². The average Bonchev–Trinajstić information content (AvgIpc) is 3.07. The highest BCUT2D eigenvalue weighted by Crippen LogP contribution is 2.14. The van der Waals surface area contributed by atoms with E-state index in [1.165, 1.54) is 37.7 Å². The van der Waals surface area contributed by atoms with Crippen molar-refractivity contribution in [1.82, 2.24) is 15.5 Å². The molecule has 0 aliphatic carbocycles. The largest absolute Gasteiger partial charge is 0.370 e. The predicted molar refractivity (Wildman–Crippen MR) is 102 cm³/mol. The third-order valence-electron chi connectivity index (χ3n) is 4.21. The number of anilines is 1. The van der Waals surface area contributed by atoms with Gasteiger partial charge in [0.25, 0.3) is 0 Å². The fourth-order valence-corrected chi connectivity index (χ4v) is 2.68. The van der Waals surface area contributed by atoms with E-state index >= 15 is 0 Å². The first-order valence-electron chi connectivity index (χ1n) is 9.29. The Kier molecular flexibility index (Phi) is 8.39. The zero-order chi connectivity index (χ0) is 17.0. The fourth-order valence-electron chi connectivity index (χ4n) is 2.68. The Bertz CT molecular complexity index is 548. The molecule has 1 aromatic heterocycles. The lowest BCUT2D eigenvalue weighted by Gasteiger charge is -2.06. The van der Waals surface area contributed by atoms with Gasteiger partial charge in [-0.05, 0) is 30.9 Å². The van der Waals surface area contributed by atoms with Crippen molar-refractivity contribution in [1.29, 1.82) is 0 Å². The first-order valence-corrected chi connectivity index (χ1v) is 9.29. The lowest BCUT2D eigenvalue weighted by molar-refractivity contribution is 0.580. The van der Waals surface area contributed by atoms with Crippen molar-refractivity contribution in [3.8, 4) is 0 Å². The fraction of sp³-hybridized carbons (Fsp3) is 0.550. The molecule has 4 nitrogen and oxygen atoms in total. The Morgan fingerprint density at radius 2 is 1.67 bits per heavy atom. The average molecular weight is 329 g/mol. The van der Waals surface area contributed by atoms with Gasteiger partial charge in [0.15, 0.2) is 0 Å². The van der Waals surface area contributed by atoms with Crippen LogP contribution in [-0.2, 0) is 6.54 Å². The summed E-state index contributed by atoms with van der Waals surface area (Å²) in [5.41, 5.74) is 2.49. The van der Waals surface area contributed by atoms with Gasteiger partial charge in [-0.1, -0.05) is 63.4 Å². The van der Waals surface area contributed by atoms with Gasteiger partial charge in [-0.3, -0.25) is 5.10 Å². The first kappa shape index (κ1) is 18.5. The van der Waals surface area contributed by atoms with Gasteiger partial charge in [0.1, 0.15) is 5.82 Å². The van der Waals surface area contributed by atoms with Gasteiger partial charge < -0.3 is 10.6 Å². The maximum atomic E-state index is 4.30. The van der Waals surface area contributed by atoms with E-state index in [4.69, 9.17) is 0 Å². The van der Waals surface area contributed by atoms with E-state index in [9.17, 15) is 0 Å². The second-order valence-electron chi connectivity index (χ2n) is 6.72. The van der Waals surface area contributed by atoms with Crippen LogP contribution in [0.5, 0.6) is 0 Å². The summed E-state index contributed by atoms with van der Waals surface area (Å²) >= 11 is 0. The number of H-pyrrole nitrogens is 1. The summed E-state index contributed by atoms with van der Waals surface area (Å²) in [7, 11) is 0. The molecule has 0 bridgehead atoms. The Morgan fingerprint density at radius 1 is 0.958 bits per heavy atom. The molecule has 132 valence electrons. The highest BCUT2D eigenvalue weighted by Gasteiger charge is 2.03.